The summed E-state index contributed by atoms with van der Waals surface area (Å²) in [5, 5.41) is 0. The first-order valence-electron chi connectivity index (χ1n) is 9.75. The predicted octanol–water partition coefficient (Wildman–Crippen LogP) is 5.94. The molecule has 0 aliphatic carbocycles. The molecular weight excluding hydrogens is 360 g/mol. The van der Waals surface area contributed by atoms with Gasteiger partial charge in [-0.25, -0.2) is 4.79 Å². The first-order chi connectivity index (χ1) is 13.8. The van der Waals surface area contributed by atoms with Crippen LogP contribution in [0.1, 0.15) is 58.2 Å². The molecule has 148 valence electrons. The highest BCUT2D eigenvalue weighted by Crippen LogP contribution is 2.33. The van der Waals surface area contributed by atoms with Crippen LogP contribution in [0.25, 0.3) is 0 Å². The zero-order chi connectivity index (χ0) is 21.0. The fraction of sp³-hybridized carbons (Fsp3) is 0.231. The van der Waals surface area contributed by atoms with Gasteiger partial charge >= 0.3 is 5.97 Å². The molecule has 0 spiro atoms. The second-order valence-electron chi connectivity index (χ2n) is 8.25. The van der Waals surface area contributed by atoms with Gasteiger partial charge in [0.05, 0.1) is 5.56 Å². The zero-order valence-corrected chi connectivity index (χ0v) is 17.4. The van der Waals surface area contributed by atoms with Gasteiger partial charge in [0.15, 0.2) is 5.78 Å². The molecule has 0 N–H and O–H groups in total. The molecule has 0 aliphatic rings. The quantitative estimate of drug-likeness (QED) is 0.310. The fourth-order valence-corrected chi connectivity index (χ4v) is 3.18. The van der Waals surface area contributed by atoms with Gasteiger partial charge in [0.2, 0.25) is 0 Å². The Morgan fingerprint density at radius 1 is 0.828 bits per heavy atom. The average molecular weight is 386 g/mol. The van der Waals surface area contributed by atoms with Gasteiger partial charge in [-0.1, -0.05) is 81.4 Å². The molecule has 0 radical (unpaired) electrons. The van der Waals surface area contributed by atoms with Crippen molar-refractivity contribution >= 4 is 11.8 Å². The summed E-state index contributed by atoms with van der Waals surface area (Å²) < 4.78 is 5.78. The third kappa shape index (κ3) is 5.00. The van der Waals surface area contributed by atoms with E-state index in [4.69, 9.17) is 4.74 Å². The van der Waals surface area contributed by atoms with E-state index in [1.54, 1.807) is 36.4 Å². The number of aryl methyl sites for hydroxylation is 1. The third-order valence-corrected chi connectivity index (χ3v) is 4.87. The highest BCUT2D eigenvalue weighted by atomic mass is 16.5. The summed E-state index contributed by atoms with van der Waals surface area (Å²) in [6.45, 7) is 8.29. The van der Waals surface area contributed by atoms with Crippen LogP contribution in [0.2, 0.25) is 0 Å². The van der Waals surface area contributed by atoms with Crippen LogP contribution in [0.15, 0.2) is 72.8 Å². The van der Waals surface area contributed by atoms with Crippen LogP contribution in [0.5, 0.6) is 5.75 Å². The lowest BCUT2D eigenvalue weighted by Crippen LogP contribution is -2.16. The van der Waals surface area contributed by atoms with E-state index < -0.39 is 5.97 Å². The van der Waals surface area contributed by atoms with Crippen LogP contribution >= 0.6 is 0 Å². The fourth-order valence-electron chi connectivity index (χ4n) is 3.18. The molecule has 0 amide bonds. The normalized spacial score (nSPS) is 11.2. The van der Waals surface area contributed by atoms with E-state index in [0.717, 1.165) is 16.7 Å². The van der Waals surface area contributed by atoms with Crippen molar-refractivity contribution in [2.45, 2.75) is 39.5 Å². The first-order valence-corrected chi connectivity index (χ1v) is 9.75. The van der Waals surface area contributed by atoms with Crippen LogP contribution in [-0.2, 0) is 11.8 Å². The van der Waals surface area contributed by atoms with E-state index >= 15 is 0 Å². The molecule has 0 fully saturated rings. The standard InChI is InChI=1S/C26H26O3/c1-18-15-22(26(2,3)4)16-21(17-23(27)19-11-7-5-8-12-19)24(18)29-25(28)20-13-9-6-10-14-20/h5-16H,17H2,1-4H3. The Morgan fingerprint density at radius 3 is 1.93 bits per heavy atom. The smallest absolute Gasteiger partial charge is 0.343 e. The highest BCUT2D eigenvalue weighted by molar-refractivity contribution is 5.98. The molecule has 0 unspecified atom stereocenters. The summed E-state index contributed by atoms with van der Waals surface area (Å²) in [6.07, 6.45) is 0.173. The summed E-state index contributed by atoms with van der Waals surface area (Å²) >= 11 is 0. The zero-order valence-electron chi connectivity index (χ0n) is 17.4. The van der Waals surface area contributed by atoms with E-state index in [-0.39, 0.29) is 17.6 Å². The summed E-state index contributed by atoms with van der Waals surface area (Å²) in [6, 6.07) is 22.1. The maximum atomic E-state index is 12.9. The number of benzene rings is 3. The Hall–Kier alpha value is -3.20. The van der Waals surface area contributed by atoms with Crippen molar-refractivity contribution < 1.29 is 14.3 Å². The number of ether oxygens (including phenoxy) is 1. The van der Waals surface area contributed by atoms with Crippen LogP contribution in [-0.4, -0.2) is 11.8 Å². The Balaban J connectivity index is 2.00. The average Bonchev–Trinajstić information content (AvgIpc) is 2.70. The molecule has 0 saturated heterocycles. The number of rotatable bonds is 5. The van der Waals surface area contributed by atoms with Crippen LogP contribution < -0.4 is 4.74 Å². The van der Waals surface area contributed by atoms with Gasteiger partial charge in [0, 0.05) is 17.5 Å². The molecule has 29 heavy (non-hydrogen) atoms. The minimum absolute atomic E-state index is 0.00642. The van der Waals surface area contributed by atoms with Crippen LogP contribution in [0.3, 0.4) is 0 Å². The number of Topliss-reactive ketones (excluding diaryl/α,β-unsaturated/α-hetero) is 1. The number of esters is 1. The molecule has 3 heteroatoms. The lowest BCUT2D eigenvalue weighted by molar-refractivity contribution is 0.0730. The molecule has 0 saturated carbocycles. The summed E-state index contributed by atoms with van der Waals surface area (Å²) in [5.41, 5.74) is 3.71. The topological polar surface area (TPSA) is 43.4 Å². The molecule has 0 aliphatic heterocycles. The summed E-state index contributed by atoms with van der Waals surface area (Å²) in [7, 11) is 0. The molecule has 3 aromatic rings. The molecule has 3 rings (SSSR count). The van der Waals surface area contributed by atoms with Gasteiger partial charge in [-0.05, 0) is 35.6 Å². The SMILES string of the molecule is Cc1cc(C(C)(C)C)cc(CC(=O)c2ccccc2)c1OC(=O)c1ccccc1. The third-order valence-electron chi connectivity index (χ3n) is 4.87. The molecule has 0 atom stereocenters. The van der Waals surface area contributed by atoms with E-state index in [2.05, 4.69) is 20.8 Å². The molecule has 3 aromatic carbocycles. The molecule has 0 heterocycles. The van der Waals surface area contributed by atoms with Gasteiger partial charge in [0.1, 0.15) is 5.75 Å². The Kier molecular flexibility index (Phi) is 5.97. The number of carbonyl (C=O) groups excluding carboxylic acids is 2. The van der Waals surface area contributed by atoms with Crippen molar-refractivity contribution in [3.63, 3.8) is 0 Å². The van der Waals surface area contributed by atoms with Crippen molar-refractivity contribution in [3.05, 3.63) is 101 Å². The molecule has 3 nitrogen and oxygen atoms in total. The van der Waals surface area contributed by atoms with Crippen molar-refractivity contribution in [2.75, 3.05) is 0 Å². The number of ketones is 1. The minimum Gasteiger partial charge on any atom is -0.422 e. The summed E-state index contributed by atoms with van der Waals surface area (Å²) in [5.74, 6) is 0.0369. The number of hydrogen-bond acceptors (Lipinski definition) is 3. The second kappa shape index (κ2) is 8.44. The molecular formula is C26H26O3. The van der Waals surface area contributed by atoms with E-state index in [1.165, 1.54) is 0 Å². The Bertz CT molecular complexity index is 1010. The summed E-state index contributed by atoms with van der Waals surface area (Å²) in [4.78, 5) is 25.5. The van der Waals surface area contributed by atoms with Crippen molar-refractivity contribution in [2.24, 2.45) is 0 Å². The van der Waals surface area contributed by atoms with Crippen molar-refractivity contribution in [1.82, 2.24) is 0 Å². The van der Waals surface area contributed by atoms with Gasteiger partial charge in [-0.2, -0.15) is 0 Å². The van der Waals surface area contributed by atoms with Crippen LogP contribution in [0, 0.1) is 6.92 Å². The van der Waals surface area contributed by atoms with Gasteiger partial charge < -0.3 is 4.74 Å². The first kappa shape index (κ1) is 20.5. The van der Waals surface area contributed by atoms with E-state index in [0.29, 0.717) is 16.9 Å². The Labute approximate surface area is 172 Å². The largest absolute Gasteiger partial charge is 0.422 e. The second-order valence-corrected chi connectivity index (χ2v) is 8.25. The van der Waals surface area contributed by atoms with Gasteiger partial charge in [-0.15, -0.1) is 0 Å². The number of hydrogen-bond donors (Lipinski definition) is 0. The molecule has 0 bridgehead atoms. The van der Waals surface area contributed by atoms with Gasteiger partial charge in [0.25, 0.3) is 0 Å². The highest BCUT2D eigenvalue weighted by Gasteiger charge is 2.22. The van der Waals surface area contributed by atoms with Gasteiger partial charge in [-0.3, -0.25) is 4.79 Å². The van der Waals surface area contributed by atoms with E-state index in [9.17, 15) is 9.59 Å². The molecule has 0 aromatic heterocycles. The van der Waals surface area contributed by atoms with E-state index in [1.807, 2.05) is 43.3 Å². The predicted molar refractivity (Wildman–Crippen MR) is 116 cm³/mol. The number of carbonyl (C=O) groups is 2. The lowest BCUT2D eigenvalue weighted by Gasteiger charge is -2.23. The monoisotopic (exact) mass is 386 g/mol. The van der Waals surface area contributed by atoms with Crippen molar-refractivity contribution in [1.29, 1.82) is 0 Å². The minimum atomic E-state index is -0.425. The maximum Gasteiger partial charge on any atom is 0.343 e. The Morgan fingerprint density at radius 2 is 1.38 bits per heavy atom. The lowest BCUT2D eigenvalue weighted by atomic mass is 9.84. The maximum absolute atomic E-state index is 12.9. The van der Waals surface area contributed by atoms with Crippen LogP contribution in [0.4, 0.5) is 0 Å². The van der Waals surface area contributed by atoms with Crippen molar-refractivity contribution in [3.8, 4) is 5.75 Å².